The molecule has 0 fully saturated rings. The van der Waals surface area contributed by atoms with Crippen molar-refractivity contribution in [3.05, 3.63) is 130 Å². The van der Waals surface area contributed by atoms with Gasteiger partial charge in [-0.05, 0) is 100 Å². The zero-order chi connectivity index (χ0) is 64.1. The van der Waals surface area contributed by atoms with Crippen LogP contribution < -0.4 is 57.4 Å². The van der Waals surface area contributed by atoms with E-state index in [1.165, 1.54) is 27.4 Å². The molecule has 83 heavy (non-hydrogen) atoms. The van der Waals surface area contributed by atoms with Gasteiger partial charge in [-0.25, -0.2) is 63.6 Å². The van der Waals surface area contributed by atoms with Crippen LogP contribution in [0.2, 0.25) is 15.9 Å². The summed E-state index contributed by atoms with van der Waals surface area (Å²) in [5, 5.41) is 7.57. The van der Waals surface area contributed by atoms with Crippen LogP contribution in [-0.4, -0.2) is 156 Å². The van der Waals surface area contributed by atoms with E-state index in [2.05, 4.69) is 98.4 Å². The van der Waals surface area contributed by atoms with Crippen molar-refractivity contribution in [2.45, 2.75) is 80.6 Å². The number of anilines is 4. The first-order chi connectivity index (χ1) is 38.3. The van der Waals surface area contributed by atoms with Crippen LogP contribution in [0.5, 0.6) is 0 Å². The van der Waals surface area contributed by atoms with E-state index in [1.54, 1.807) is 6.92 Å². The normalized spacial score (nSPS) is 10.0. The second-order valence-corrected chi connectivity index (χ2v) is 23.3. The number of aryl methyl sites for hydroxylation is 6. The predicted octanol–water partition coefficient (Wildman–Crippen LogP) is 2.79. The molecule has 0 spiro atoms. The first kappa shape index (κ1) is 87.0. The van der Waals surface area contributed by atoms with E-state index >= 15 is 0 Å². The molecular formula is C47H76Cl3FN17NaO10S4. The topological polar surface area (TPSA) is 426 Å². The fourth-order valence-corrected chi connectivity index (χ4v) is 6.64. The number of sulfone groups is 3. The molecule has 27 nitrogen and oxygen atoms in total. The minimum absolute atomic E-state index is 0. The van der Waals surface area contributed by atoms with Gasteiger partial charge in [-0.15, -0.1) is 0 Å². The van der Waals surface area contributed by atoms with Crippen molar-refractivity contribution in [3.8, 4) is 0 Å². The maximum absolute atomic E-state index is 13.0. The third-order valence-corrected chi connectivity index (χ3v) is 11.4. The number of halogens is 4. The number of benzene rings is 2. The van der Waals surface area contributed by atoms with Crippen molar-refractivity contribution < 1.29 is 76.4 Å². The monoisotopic (exact) mass is 1310 g/mol. The van der Waals surface area contributed by atoms with Crippen molar-refractivity contribution in [2.75, 3.05) is 68.7 Å². The molecule has 0 atom stereocenters. The Bertz CT molecular complexity index is 2940. The van der Waals surface area contributed by atoms with Crippen LogP contribution in [0, 0.1) is 19.9 Å². The molecule has 0 aliphatic rings. The van der Waals surface area contributed by atoms with Gasteiger partial charge in [0.1, 0.15) is 54.6 Å². The summed E-state index contributed by atoms with van der Waals surface area (Å²) in [4.78, 5) is 47.0. The Hall–Kier alpha value is -4.78. The van der Waals surface area contributed by atoms with Gasteiger partial charge in [-0.2, -0.15) is 34.3 Å². The summed E-state index contributed by atoms with van der Waals surface area (Å²) in [5.74, 6) is 4.70. The molecule has 462 valence electrons. The summed E-state index contributed by atoms with van der Waals surface area (Å²) in [7, 11) is -9.11. The predicted molar refractivity (Wildman–Crippen MR) is 321 cm³/mol. The molecule has 36 heteroatoms. The van der Waals surface area contributed by atoms with Crippen LogP contribution in [0.4, 0.5) is 27.7 Å². The summed E-state index contributed by atoms with van der Waals surface area (Å²) in [5.41, 5.74) is 15.3. The zero-order valence-electron chi connectivity index (χ0n) is 49.0. The largest absolute Gasteiger partial charge is 1.00 e. The van der Waals surface area contributed by atoms with Crippen molar-refractivity contribution in [1.82, 2.24) is 59.8 Å². The minimum atomic E-state index is -4.76. The molecule has 4 aromatic heterocycles. The molecule has 6 aromatic rings. The van der Waals surface area contributed by atoms with E-state index in [0.717, 1.165) is 66.0 Å². The van der Waals surface area contributed by atoms with Gasteiger partial charge in [0.25, 0.3) is 0 Å². The molecule has 4 heterocycles. The second-order valence-electron chi connectivity index (χ2n) is 14.7. The van der Waals surface area contributed by atoms with Crippen molar-refractivity contribution in [2.24, 2.45) is 17.2 Å². The summed E-state index contributed by atoms with van der Waals surface area (Å²) in [6.45, 7) is 15.7. The van der Waals surface area contributed by atoms with Crippen LogP contribution in [0.25, 0.3) is 0 Å². The fourth-order valence-electron chi connectivity index (χ4n) is 4.50. The Morgan fingerprint density at radius 3 is 1.17 bits per heavy atom. The van der Waals surface area contributed by atoms with Gasteiger partial charge in [0.2, 0.25) is 38.1 Å². The average Bonchev–Trinajstić information content (AvgIpc) is 3.40. The van der Waals surface area contributed by atoms with Crippen LogP contribution in [0.3, 0.4) is 0 Å². The Balaban J connectivity index is -0.000000286. The number of rotatable bonds is 15. The molecule has 0 aliphatic heterocycles. The molecular weight excluding hydrogens is 1240 g/mol. The van der Waals surface area contributed by atoms with Crippen LogP contribution >= 0.6 is 34.8 Å². The Morgan fingerprint density at radius 1 is 0.530 bits per heavy atom. The summed E-state index contributed by atoms with van der Waals surface area (Å²) < 4.78 is 107. The molecule has 0 saturated heterocycles. The molecule has 0 aliphatic carbocycles. The summed E-state index contributed by atoms with van der Waals surface area (Å²) in [6.07, 6.45) is 6.11. The maximum Gasteiger partial charge on any atom is 1.00 e. The van der Waals surface area contributed by atoms with Crippen molar-refractivity contribution in [1.29, 1.82) is 0 Å². The number of hydrogen-bond acceptors (Lipinski definition) is 27. The van der Waals surface area contributed by atoms with E-state index in [4.69, 9.17) is 34.8 Å². The van der Waals surface area contributed by atoms with E-state index in [1.807, 2.05) is 102 Å². The smallest absolute Gasteiger partial charge is 0.726 e. The quantitative estimate of drug-likeness (QED) is 0.0560. The maximum atomic E-state index is 13.0. The summed E-state index contributed by atoms with van der Waals surface area (Å²) in [6, 6.07) is 19.2. The molecule has 6 rings (SSSR count). The third kappa shape index (κ3) is 53.7. The standard InChI is InChI=1S/C12H14N4.C11H11FN4.C6H8ClN3.C5H5Cl2N3.C4H10O2S.C3H8O6S2.C3H6O2S.3CH5N.Na/c1-3-11-13-9(2)14-12(16-11)15-10-7-5-4-6-8-10;1-2-9-14-10(12)16-11(15-9)13-8-6-4-3-5-7-8;1-3-5-8-4(2)9-6(7)10-5;1-2-3-8-4(6)10-5(7)9-3;1-3-4-7(2,5)6;1-10(4,5)3-2-9-11(6,7)8;1-3-6(2,4)5;3*1-2;/h4-8H,3H2,1-2H3,(H,13,14,15,16);3-7H,2H2,1H3,(H,13,14,15,16);3H2,1-2H3;2H2,1H3;3-4H2,1-2H3;2-3H2,1H3,(H,6,7,8);3H,1H2,2H3;3*2H2,1H3;/q;;;;;;;;;;+1/p-1. The van der Waals surface area contributed by atoms with E-state index in [9.17, 15) is 42.6 Å². The number of nitrogens with zero attached hydrogens (tertiary/aromatic N) is 12. The molecule has 0 amide bonds. The first-order valence-electron chi connectivity index (χ1n) is 24.0. The summed E-state index contributed by atoms with van der Waals surface area (Å²) >= 11 is 16.5. The number of para-hydroxylation sites is 2. The first-order valence-corrected chi connectivity index (χ1v) is 32.6. The van der Waals surface area contributed by atoms with Gasteiger partial charge >= 0.3 is 35.6 Å². The number of nitrogens with two attached hydrogens (primary N) is 3. The van der Waals surface area contributed by atoms with Crippen LogP contribution in [-0.2, 0) is 69.8 Å². The minimum Gasteiger partial charge on any atom is -0.726 e. The van der Waals surface area contributed by atoms with Gasteiger partial charge in [0.05, 0.1) is 12.4 Å². The van der Waals surface area contributed by atoms with Crippen LogP contribution in [0.1, 0.15) is 76.0 Å². The van der Waals surface area contributed by atoms with Crippen molar-refractivity contribution in [3.63, 3.8) is 0 Å². The van der Waals surface area contributed by atoms with E-state index < -0.39 is 58.3 Å². The molecule has 0 bridgehead atoms. The van der Waals surface area contributed by atoms with Gasteiger partial charge in [-0.3, -0.25) is 4.18 Å². The van der Waals surface area contributed by atoms with Crippen molar-refractivity contribution >= 4 is 98.0 Å². The van der Waals surface area contributed by atoms with Gasteiger partial charge in [0, 0.05) is 67.0 Å². The molecule has 0 unspecified atom stereocenters. The van der Waals surface area contributed by atoms with Gasteiger partial charge in [0.15, 0.2) is 9.84 Å². The van der Waals surface area contributed by atoms with E-state index in [0.29, 0.717) is 42.0 Å². The SMILES string of the molecule is C=CS(C)(=O)=O.CCCS(C)(=O)=O.CCc1nc(C)nc(Cl)n1.CCc1nc(C)nc(Nc2ccccc2)n1.CCc1nc(Cl)nc(Cl)n1.CCc1nc(F)nc(Nc2ccccc2)n1.CN.CN.CN.CS(=O)(=O)CCOS(=O)(=O)[O-].[Na+]. The van der Waals surface area contributed by atoms with Gasteiger partial charge < -0.3 is 32.4 Å². The average molecular weight is 1320 g/mol. The molecule has 8 N–H and O–H groups in total. The Morgan fingerprint density at radius 2 is 0.855 bits per heavy atom. The molecule has 0 radical (unpaired) electrons. The number of nitrogens with one attached hydrogen (secondary N) is 2. The Labute approximate surface area is 526 Å². The van der Waals surface area contributed by atoms with Gasteiger partial charge in [-0.1, -0.05) is 77.6 Å². The zero-order valence-corrected chi connectivity index (χ0v) is 56.6. The Kier molecular flexibility index (Phi) is 51.9. The van der Waals surface area contributed by atoms with E-state index in [-0.39, 0.29) is 51.4 Å². The second kappa shape index (κ2) is 49.5. The molecule has 0 saturated carbocycles. The third-order valence-electron chi connectivity index (χ3n) is 7.73. The fraction of sp³-hybridized carbons (Fsp3) is 0.447. The van der Waals surface area contributed by atoms with Crippen LogP contribution in [0.15, 0.2) is 72.7 Å². The number of aromatic nitrogens is 12. The molecule has 2 aromatic carbocycles. The number of hydrogen-bond donors (Lipinski definition) is 5.